The summed E-state index contributed by atoms with van der Waals surface area (Å²) in [5.74, 6) is 0.0462. The molecular weight excluding hydrogens is 448 g/mol. The second-order valence-electron chi connectivity index (χ2n) is 8.98. The van der Waals surface area contributed by atoms with Crippen molar-refractivity contribution >= 4 is 26.6 Å². The molecule has 3 aromatic rings. The largest absolute Gasteiger partial charge is 0.435 e. The molecule has 2 aromatic carbocycles. The van der Waals surface area contributed by atoms with E-state index in [0.717, 1.165) is 24.8 Å². The van der Waals surface area contributed by atoms with E-state index in [-0.39, 0.29) is 11.8 Å². The second-order valence-corrected chi connectivity index (χ2v) is 11.2. The number of rotatable bonds is 7. The van der Waals surface area contributed by atoms with Gasteiger partial charge in [-0.2, -0.15) is 14.0 Å². The Balaban J connectivity index is 1.59. The van der Waals surface area contributed by atoms with Gasteiger partial charge in [0.25, 0.3) is 0 Å². The monoisotopic (exact) mass is 471 g/mol. The number of alkyl halides is 2. The van der Waals surface area contributed by atoms with E-state index in [1.807, 2.05) is 4.57 Å². The molecule has 5 rings (SSSR count). The van der Waals surface area contributed by atoms with Gasteiger partial charge in [0.1, 0.15) is 11.8 Å². The van der Waals surface area contributed by atoms with Crippen LogP contribution in [0.4, 0.5) is 14.5 Å². The van der Waals surface area contributed by atoms with Crippen LogP contribution in [0, 0.1) is 11.3 Å². The van der Waals surface area contributed by atoms with Gasteiger partial charge in [-0.15, -0.1) is 0 Å². The Morgan fingerprint density at radius 3 is 2.42 bits per heavy atom. The van der Waals surface area contributed by atoms with Crippen molar-refractivity contribution in [1.82, 2.24) is 4.57 Å². The summed E-state index contributed by atoms with van der Waals surface area (Å²) >= 11 is 0. The van der Waals surface area contributed by atoms with Crippen molar-refractivity contribution in [3.05, 3.63) is 48.0 Å². The first kappa shape index (κ1) is 21.7. The van der Waals surface area contributed by atoms with Gasteiger partial charge in [0.05, 0.1) is 21.5 Å². The molecule has 0 spiro atoms. The molecule has 2 aliphatic carbocycles. The summed E-state index contributed by atoms with van der Waals surface area (Å²) < 4.78 is 59.2. The molecule has 0 bridgehead atoms. The number of nitrogens with one attached hydrogen (secondary N) is 1. The highest BCUT2D eigenvalue weighted by molar-refractivity contribution is 7.94. The van der Waals surface area contributed by atoms with Crippen LogP contribution in [0.25, 0.3) is 22.2 Å². The predicted octanol–water partition coefficient (Wildman–Crippen LogP) is 5.80. The molecule has 172 valence electrons. The topological polar surface area (TPSA) is 84.1 Å². The molecule has 33 heavy (non-hydrogen) atoms. The number of anilines is 1. The van der Waals surface area contributed by atoms with E-state index < -0.39 is 21.4 Å². The molecule has 2 aliphatic rings. The van der Waals surface area contributed by atoms with Gasteiger partial charge in [-0.1, -0.05) is 12.1 Å². The molecule has 1 N–H and O–H groups in total. The van der Waals surface area contributed by atoms with Crippen LogP contribution in [0.1, 0.15) is 50.6 Å². The van der Waals surface area contributed by atoms with Gasteiger partial charge in [0.15, 0.2) is 0 Å². The molecule has 1 aromatic heterocycles. The zero-order valence-electron chi connectivity index (χ0n) is 18.0. The van der Waals surface area contributed by atoms with E-state index >= 15 is 0 Å². The number of hydrogen-bond donors (Lipinski definition) is 1. The highest BCUT2D eigenvalue weighted by atomic mass is 32.2. The lowest BCUT2D eigenvalue weighted by molar-refractivity contribution is -0.0497. The lowest BCUT2D eigenvalue weighted by atomic mass is 9.92. The summed E-state index contributed by atoms with van der Waals surface area (Å²) in [6.07, 6.45) is 4.20. The SMILES string of the molecule is CC1(S(=O)(=O)Nc2ccc(-c3c(C#N)c4ccc(OC(F)F)cc4n3C3CCC3)cc2)CC1. The number of aromatic nitrogens is 1. The Bertz CT molecular complexity index is 1370. The Labute approximate surface area is 190 Å². The minimum absolute atomic E-state index is 0.0462. The number of nitriles is 1. The van der Waals surface area contributed by atoms with E-state index in [1.54, 1.807) is 43.3 Å². The smallest absolute Gasteiger partial charge is 0.387 e. The van der Waals surface area contributed by atoms with Crippen molar-refractivity contribution in [2.45, 2.75) is 56.4 Å². The molecule has 0 aliphatic heterocycles. The fraction of sp³-hybridized carbons (Fsp3) is 0.375. The van der Waals surface area contributed by atoms with Crippen LogP contribution in [-0.4, -0.2) is 24.3 Å². The molecule has 2 saturated carbocycles. The maximum absolute atomic E-state index is 12.8. The third-order valence-electron chi connectivity index (χ3n) is 6.77. The molecule has 9 heteroatoms. The third-order valence-corrected chi connectivity index (χ3v) is 8.98. The van der Waals surface area contributed by atoms with Gasteiger partial charge < -0.3 is 9.30 Å². The molecule has 1 heterocycles. The Morgan fingerprint density at radius 1 is 1.18 bits per heavy atom. The van der Waals surface area contributed by atoms with Crippen molar-refractivity contribution in [1.29, 1.82) is 5.26 Å². The number of sulfonamides is 1. The van der Waals surface area contributed by atoms with E-state index in [4.69, 9.17) is 0 Å². The molecule has 0 saturated heterocycles. The molecular formula is C24H23F2N3O3S. The lowest BCUT2D eigenvalue weighted by Gasteiger charge is -2.30. The lowest BCUT2D eigenvalue weighted by Crippen LogP contribution is -2.26. The van der Waals surface area contributed by atoms with Crippen molar-refractivity contribution in [3.8, 4) is 23.1 Å². The number of fused-ring (bicyclic) bond motifs is 1. The molecule has 0 radical (unpaired) electrons. The summed E-state index contributed by atoms with van der Waals surface area (Å²) in [7, 11) is -3.46. The Hall–Kier alpha value is -3.12. The van der Waals surface area contributed by atoms with Gasteiger partial charge in [-0.05, 0) is 68.9 Å². The molecule has 0 amide bonds. The van der Waals surface area contributed by atoms with Crippen LogP contribution < -0.4 is 9.46 Å². The highest BCUT2D eigenvalue weighted by Gasteiger charge is 2.50. The van der Waals surface area contributed by atoms with E-state index in [2.05, 4.69) is 15.5 Å². The molecule has 0 atom stereocenters. The summed E-state index contributed by atoms with van der Waals surface area (Å²) in [6, 6.07) is 14.0. The van der Waals surface area contributed by atoms with Crippen LogP contribution in [-0.2, 0) is 10.0 Å². The first-order valence-corrected chi connectivity index (χ1v) is 12.4. The average Bonchev–Trinajstić information content (AvgIpc) is 3.42. The van der Waals surface area contributed by atoms with E-state index in [1.165, 1.54) is 6.07 Å². The van der Waals surface area contributed by atoms with Crippen LogP contribution in [0.2, 0.25) is 0 Å². The van der Waals surface area contributed by atoms with Crippen molar-refractivity contribution in [2.75, 3.05) is 4.72 Å². The van der Waals surface area contributed by atoms with Gasteiger partial charge in [-0.3, -0.25) is 4.72 Å². The zero-order valence-corrected chi connectivity index (χ0v) is 18.8. The van der Waals surface area contributed by atoms with Gasteiger partial charge in [0, 0.05) is 23.2 Å². The fourth-order valence-corrected chi connectivity index (χ4v) is 5.64. The summed E-state index contributed by atoms with van der Waals surface area (Å²) in [5, 5.41) is 10.6. The number of benzene rings is 2. The standard InChI is InChI=1S/C24H23F2N3O3S/c1-24(11-12-24)33(30,31)28-16-7-5-15(6-8-16)22-20(14-27)19-10-9-18(32-23(25)26)13-21(19)29(22)17-3-2-4-17/h5-10,13,17,23,28H,2-4,11-12H2,1H3. The van der Waals surface area contributed by atoms with E-state index in [0.29, 0.717) is 40.7 Å². The van der Waals surface area contributed by atoms with Crippen molar-refractivity contribution in [2.24, 2.45) is 0 Å². The minimum atomic E-state index is -3.46. The van der Waals surface area contributed by atoms with Crippen LogP contribution >= 0.6 is 0 Å². The first-order chi connectivity index (χ1) is 15.7. The maximum Gasteiger partial charge on any atom is 0.387 e. The summed E-state index contributed by atoms with van der Waals surface area (Å²) in [6.45, 7) is -1.20. The Kier molecular flexibility index (Phi) is 5.09. The third kappa shape index (κ3) is 3.72. The number of hydrogen-bond acceptors (Lipinski definition) is 4. The average molecular weight is 472 g/mol. The number of ether oxygens (including phenoxy) is 1. The molecule has 2 fully saturated rings. The van der Waals surface area contributed by atoms with Gasteiger partial charge >= 0.3 is 6.61 Å². The highest BCUT2D eigenvalue weighted by Crippen LogP contribution is 2.45. The fourth-order valence-electron chi connectivity index (χ4n) is 4.31. The quantitative estimate of drug-likeness (QED) is 0.472. The van der Waals surface area contributed by atoms with Crippen LogP contribution in [0.5, 0.6) is 5.75 Å². The number of halogens is 2. The first-order valence-electron chi connectivity index (χ1n) is 10.9. The second kappa shape index (κ2) is 7.73. The predicted molar refractivity (Wildman–Crippen MR) is 122 cm³/mol. The minimum Gasteiger partial charge on any atom is -0.435 e. The zero-order chi connectivity index (χ0) is 23.4. The van der Waals surface area contributed by atoms with Gasteiger partial charge in [-0.25, -0.2) is 8.42 Å². The summed E-state index contributed by atoms with van der Waals surface area (Å²) in [4.78, 5) is 0. The normalized spacial score (nSPS) is 17.5. The van der Waals surface area contributed by atoms with Crippen molar-refractivity contribution in [3.63, 3.8) is 0 Å². The summed E-state index contributed by atoms with van der Waals surface area (Å²) in [5.41, 5.74) is 3.06. The Morgan fingerprint density at radius 2 is 1.88 bits per heavy atom. The molecule has 0 unspecified atom stereocenters. The van der Waals surface area contributed by atoms with Gasteiger partial charge in [0.2, 0.25) is 10.0 Å². The van der Waals surface area contributed by atoms with E-state index in [9.17, 15) is 22.5 Å². The van der Waals surface area contributed by atoms with Crippen LogP contribution in [0.15, 0.2) is 42.5 Å². The maximum atomic E-state index is 12.8. The van der Waals surface area contributed by atoms with Crippen LogP contribution in [0.3, 0.4) is 0 Å². The molecule has 6 nitrogen and oxygen atoms in total. The number of nitrogens with zero attached hydrogens (tertiary/aromatic N) is 2. The van der Waals surface area contributed by atoms with Crippen molar-refractivity contribution < 1.29 is 21.9 Å².